The first-order valence-corrected chi connectivity index (χ1v) is 7.42. The molecule has 0 aromatic heterocycles. The third kappa shape index (κ3) is 4.25. The van der Waals surface area contributed by atoms with Gasteiger partial charge in [0.2, 0.25) is 0 Å². The van der Waals surface area contributed by atoms with Gasteiger partial charge >= 0.3 is 0 Å². The van der Waals surface area contributed by atoms with Gasteiger partial charge in [-0.3, -0.25) is 0 Å². The Morgan fingerprint density at radius 3 is 2.41 bits per heavy atom. The zero-order chi connectivity index (χ0) is 12.7. The van der Waals surface area contributed by atoms with Crippen LogP contribution in [0.25, 0.3) is 0 Å². The average Bonchev–Trinajstić information content (AvgIpc) is 2.41. The molecule has 1 unspecified atom stereocenters. The molecule has 0 spiro atoms. The van der Waals surface area contributed by atoms with Crippen LogP contribution < -0.4 is 5.32 Å². The van der Waals surface area contributed by atoms with Crippen molar-refractivity contribution in [3.05, 3.63) is 29.8 Å². The van der Waals surface area contributed by atoms with Crippen molar-refractivity contribution >= 4 is 17.4 Å². The smallest absolute Gasteiger partial charge is 0.0424 e. The van der Waals surface area contributed by atoms with Crippen molar-refractivity contribution in [1.29, 1.82) is 0 Å². The zero-order valence-corrected chi connectivity index (χ0v) is 12.2. The molecule has 96 valence electrons. The van der Waals surface area contributed by atoms with Gasteiger partial charge in [-0.1, -0.05) is 26.0 Å². The molecule has 0 amide bonds. The van der Waals surface area contributed by atoms with Gasteiger partial charge in [0.05, 0.1) is 0 Å². The van der Waals surface area contributed by atoms with E-state index in [1.807, 2.05) is 20.9 Å². The monoisotopic (exact) mass is 252 g/mol. The van der Waals surface area contributed by atoms with Gasteiger partial charge in [0, 0.05) is 36.8 Å². The maximum atomic E-state index is 3.15. The molecule has 1 aliphatic rings. The van der Waals surface area contributed by atoms with Gasteiger partial charge in [0.25, 0.3) is 0 Å². The molecule has 1 saturated heterocycles. The molecular formula is C14H24N2S. The second-order valence-electron chi connectivity index (χ2n) is 3.99. The van der Waals surface area contributed by atoms with Crippen LogP contribution in [0.4, 0.5) is 5.69 Å². The van der Waals surface area contributed by atoms with Crippen LogP contribution >= 0.6 is 11.8 Å². The van der Waals surface area contributed by atoms with E-state index in [2.05, 4.69) is 53.3 Å². The molecule has 0 radical (unpaired) electrons. The Hall–Kier alpha value is -0.670. The first kappa shape index (κ1) is 14.4. The Morgan fingerprint density at radius 2 is 1.88 bits per heavy atom. The lowest BCUT2D eigenvalue weighted by molar-refractivity contribution is 0.347. The van der Waals surface area contributed by atoms with E-state index in [0.29, 0.717) is 5.25 Å². The molecule has 1 atom stereocenters. The van der Waals surface area contributed by atoms with Gasteiger partial charge in [-0.05, 0) is 24.7 Å². The van der Waals surface area contributed by atoms with Gasteiger partial charge in [-0.15, -0.1) is 0 Å². The van der Waals surface area contributed by atoms with Crippen LogP contribution in [0.1, 0.15) is 24.7 Å². The quantitative estimate of drug-likeness (QED) is 0.867. The standard InChI is InChI=1S/C12H18N2S.C2H6/c1-13-11-5-3-10(4-6-11)12-9-14(2)7-8-15-12;1-2/h3-6,12-13H,7-9H2,1-2H3;1-2H3. The van der Waals surface area contributed by atoms with Crippen molar-refractivity contribution in [3.8, 4) is 0 Å². The lowest BCUT2D eigenvalue weighted by Crippen LogP contribution is -2.30. The van der Waals surface area contributed by atoms with E-state index in [-0.39, 0.29) is 0 Å². The number of nitrogens with zero attached hydrogens (tertiary/aromatic N) is 1. The summed E-state index contributed by atoms with van der Waals surface area (Å²) in [5.41, 5.74) is 2.64. The van der Waals surface area contributed by atoms with E-state index < -0.39 is 0 Å². The number of likely N-dealkylation sites (N-methyl/N-ethyl adjacent to an activating group) is 1. The Bertz CT molecular complexity index is 311. The number of anilines is 1. The predicted molar refractivity (Wildman–Crippen MR) is 80.0 cm³/mol. The second-order valence-corrected chi connectivity index (χ2v) is 5.30. The Kier molecular flexibility index (Phi) is 6.45. The van der Waals surface area contributed by atoms with Gasteiger partial charge in [0.1, 0.15) is 0 Å². The fourth-order valence-corrected chi connectivity index (χ4v) is 3.26. The summed E-state index contributed by atoms with van der Waals surface area (Å²) in [5.74, 6) is 1.24. The highest BCUT2D eigenvalue weighted by Gasteiger charge is 2.18. The first-order valence-electron chi connectivity index (χ1n) is 6.37. The van der Waals surface area contributed by atoms with Gasteiger partial charge in [-0.2, -0.15) is 11.8 Å². The zero-order valence-electron chi connectivity index (χ0n) is 11.4. The van der Waals surface area contributed by atoms with Gasteiger partial charge in [-0.25, -0.2) is 0 Å². The molecule has 1 heterocycles. The van der Waals surface area contributed by atoms with Crippen LogP contribution in [0, 0.1) is 0 Å². The molecule has 1 aliphatic heterocycles. The summed E-state index contributed by atoms with van der Waals surface area (Å²) in [6.45, 7) is 6.39. The van der Waals surface area contributed by atoms with Gasteiger partial charge < -0.3 is 10.2 Å². The van der Waals surface area contributed by atoms with E-state index >= 15 is 0 Å². The maximum Gasteiger partial charge on any atom is 0.0424 e. The summed E-state index contributed by atoms with van der Waals surface area (Å²) in [4.78, 5) is 2.41. The number of thioether (sulfide) groups is 1. The highest BCUT2D eigenvalue weighted by atomic mass is 32.2. The van der Waals surface area contributed by atoms with E-state index in [0.717, 1.165) is 0 Å². The molecule has 1 fully saturated rings. The van der Waals surface area contributed by atoms with Crippen LogP contribution in [-0.2, 0) is 0 Å². The molecule has 17 heavy (non-hydrogen) atoms. The third-order valence-electron chi connectivity index (χ3n) is 2.84. The first-order chi connectivity index (χ1) is 8.29. The molecule has 1 aromatic rings. The third-order valence-corrected chi connectivity index (χ3v) is 4.08. The minimum atomic E-state index is 0.648. The lowest BCUT2D eigenvalue weighted by Gasteiger charge is -2.29. The molecule has 1 aromatic carbocycles. The lowest BCUT2D eigenvalue weighted by atomic mass is 10.1. The predicted octanol–water partition coefficient (Wildman–Crippen LogP) is 3.47. The summed E-state index contributed by atoms with van der Waals surface area (Å²) in [6, 6.07) is 8.79. The Labute approximate surface area is 110 Å². The molecular weight excluding hydrogens is 228 g/mol. The molecule has 2 rings (SSSR count). The fraction of sp³-hybridized carbons (Fsp3) is 0.571. The van der Waals surface area contributed by atoms with E-state index in [1.54, 1.807) is 0 Å². The molecule has 0 aliphatic carbocycles. The molecule has 0 bridgehead atoms. The van der Waals surface area contributed by atoms with Crippen molar-refractivity contribution in [2.24, 2.45) is 0 Å². The summed E-state index contributed by atoms with van der Waals surface area (Å²) in [5, 5.41) is 3.80. The molecule has 0 saturated carbocycles. The summed E-state index contributed by atoms with van der Waals surface area (Å²) in [6.07, 6.45) is 0. The Balaban J connectivity index is 0.000000686. The molecule has 1 N–H and O–H groups in total. The van der Waals surface area contributed by atoms with Crippen molar-refractivity contribution < 1.29 is 0 Å². The van der Waals surface area contributed by atoms with E-state index in [9.17, 15) is 0 Å². The van der Waals surface area contributed by atoms with Crippen molar-refractivity contribution in [2.75, 3.05) is 38.3 Å². The number of nitrogens with one attached hydrogen (secondary N) is 1. The molecule has 3 heteroatoms. The minimum absolute atomic E-state index is 0.648. The van der Waals surface area contributed by atoms with Crippen molar-refractivity contribution in [2.45, 2.75) is 19.1 Å². The normalized spacial score (nSPS) is 20.4. The molecule has 2 nitrogen and oxygen atoms in total. The summed E-state index contributed by atoms with van der Waals surface area (Å²) < 4.78 is 0. The van der Waals surface area contributed by atoms with Crippen LogP contribution in [0.15, 0.2) is 24.3 Å². The van der Waals surface area contributed by atoms with Crippen LogP contribution in [0.2, 0.25) is 0 Å². The van der Waals surface area contributed by atoms with Crippen LogP contribution in [0.3, 0.4) is 0 Å². The van der Waals surface area contributed by atoms with Gasteiger partial charge in [0.15, 0.2) is 0 Å². The van der Waals surface area contributed by atoms with Crippen molar-refractivity contribution in [1.82, 2.24) is 4.90 Å². The fourth-order valence-electron chi connectivity index (χ4n) is 1.84. The van der Waals surface area contributed by atoms with Crippen LogP contribution in [0.5, 0.6) is 0 Å². The largest absolute Gasteiger partial charge is 0.388 e. The summed E-state index contributed by atoms with van der Waals surface area (Å²) in [7, 11) is 4.16. The number of rotatable bonds is 2. The highest BCUT2D eigenvalue weighted by Crippen LogP contribution is 2.32. The SMILES string of the molecule is CC.CNc1ccc(C2CN(C)CCS2)cc1. The van der Waals surface area contributed by atoms with E-state index in [1.165, 1.54) is 30.1 Å². The highest BCUT2D eigenvalue weighted by molar-refractivity contribution is 7.99. The van der Waals surface area contributed by atoms with Crippen LogP contribution in [-0.4, -0.2) is 37.8 Å². The minimum Gasteiger partial charge on any atom is -0.388 e. The second kappa shape index (κ2) is 7.62. The number of hydrogen-bond acceptors (Lipinski definition) is 3. The maximum absolute atomic E-state index is 3.15. The summed E-state index contributed by atoms with van der Waals surface area (Å²) >= 11 is 2.07. The topological polar surface area (TPSA) is 15.3 Å². The van der Waals surface area contributed by atoms with E-state index in [4.69, 9.17) is 0 Å². The number of hydrogen-bond donors (Lipinski definition) is 1. The van der Waals surface area contributed by atoms with Crippen molar-refractivity contribution in [3.63, 3.8) is 0 Å². The number of benzene rings is 1. The average molecular weight is 252 g/mol. The Morgan fingerprint density at radius 1 is 1.24 bits per heavy atom.